The number of piperidine rings is 1. The monoisotopic (exact) mass is 405 g/mol. The van der Waals surface area contributed by atoms with Crippen molar-refractivity contribution in [1.82, 2.24) is 19.7 Å². The van der Waals surface area contributed by atoms with Crippen LogP contribution in [0.4, 0.5) is 5.69 Å². The number of aromatic amines is 1. The molecule has 1 fully saturated rings. The topological polar surface area (TPSA) is 66.8 Å². The third-order valence-corrected chi connectivity index (χ3v) is 5.81. The van der Waals surface area contributed by atoms with Gasteiger partial charge in [-0.1, -0.05) is 41.9 Å². The molecule has 6 nitrogen and oxygen atoms in total. The van der Waals surface area contributed by atoms with Gasteiger partial charge in [-0.25, -0.2) is 4.98 Å². The van der Waals surface area contributed by atoms with Crippen LogP contribution >= 0.6 is 11.6 Å². The minimum atomic E-state index is -0.304. The fourth-order valence-corrected chi connectivity index (χ4v) is 4.23. The Hall–Kier alpha value is -3.12. The number of aromatic nitrogens is 4. The normalized spacial score (nSPS) is 17.0. The van der Waals surface area contributed by atoms with Gasteiger partial charge in [0.1, 0.15) is 10.8 Å². The number of hydrogen-bond acceptors (Lipinski definition) is 4. The lowest BCUT2D eigenvalue weighted by atomic mass is 9.97. The molecule has 1 saturated heterocycles. The standard InChI is InChI=1S/C22H20ClN5O/c23-20-19(13-24-28(22(20)29)16-8-2-1-3-9-16)27-12-6-7-15(14-27)21-25-17-10-4-5-11-18(17)26-21/h1-5,8-11,13,15H,6-7,12,14H2,(H,25,26)/t15-/m1/s1. The summed E-state index contributed by atoms with van der Waals surface area (Å²) in [4.78, 5) is 23.2. The van der Waals surface area contributed by atoms with E-state index in [1.807, 2.05) is 54.6 Å². The Labute approximate surface area is 172 Å². The number of benzene rings is 2. The third-order valence-electron chi connectivity index (χ3n) is 5.46. The molecule has 0 saturated carbocycles. The fraction of sp³-hybridized carbons (Fsp3) is 0.227. The molecule has 2 aromatic heterocycles. The van der Waals surface area contributed by atoms with E-state index in [2.05, 4.69) is 15.0 Å². The van der Waals surface area contributed by atoms with E-state index in [1.165, 1.54) is 4.68 Å². The highest BCUT2D eigenvalue weighted by Crippen LogP contribution is 2.31. The summed E-state index contributed by atoms with van der Waals surface area (Å²) in [5, 5.41) is 4.57. The van der Waals surface area contributed by atoms with E-state index in [0.717, 1.165) is 42.8 Å². The Kier molecular flexibility index (Phi) is 4.56. The minimum absolute atomic E-state index is 0.203. The Morgan fingerprint density at radius 2 is 1.86 bits per heavy atom. The quantitative estimate of drug-likeness (QED) is 0.556. The van der Waals surface area contributed by atoms with Gasteiger partial charge in [0, 0.05) is 19.0 Å². The van der Waals surface area contributed by atoms with Gasteiger partial charge in [-0.2, -0.15) is 9.78 Å². The highest BCUT2D eigenvalue weighted by atomic mass is 35.5. The number of fused-ring (bicyclic) bond motifs is 1. The van der Waals surface area contributed by atoms with Crippen LogP contribution in [0.2, 0.25) is 5.02 Å². The van der Waals surface area contributed by atoms with Crippen LogP contribution in [0.25, 0.3) is 16.7 Å². The van der Waals surface area contributed by atoms with Crippen LogP contribution in [-0.2, 0) is 0 Å². The van der Waals surface area contributed by atoms with E-state index in [1.54, 1.807) is 6.20 Å². The van der Waals surface area contributed by atoms with Gasteiger partial charge < -0.3 is 9.88 Å². The van der Waals surface area contributed by atoms with E-state index in [-0.39, 0.29) is 16.5 Å². The number of imidazole rings is 1. The van der Waals surface area contributed by atoms with Gasteiger partial charge in [0.25, 0.3) is 5.56 Å². The van der Waals surface area contributed by atoms with E-state index in [9.17, 15) is 4.79 Å². The van der Waals surface area contributed by atoms with Crippen LogP contribution in [0.1, 0.15) is 24.6 Å². The summed E-state index contributed by atoms with van der Waals surface area (Å²) in [6.45, 7) is 1.59. The maximum Gasteiger partial charge on any atom is 0.292 e. The first-order valence-corrected chi connectivity index (χ1v) is 10.1. The fourth-order valence-electron chi connectivity index (χ4n) is 3.98. The summed E-state index contributed by atoms with van der Waals surface area (Å²) in [5.41, 5.74) is 3.10. The lowest BCUT2D eigenvalue weighted by Crippen LogP contribution is -2.36. The van der Waals surface area contributed by atoms with Gasteiger partial charge in [-0.05, 0) is 37.1 Å². The number of hydrogen-bond donors (Lipinski definition) is 1. The summed E-state index contributed by atoms with van der Waals surface area (Å²) in [6.07, 6.45) is 3.74. The lowest BCUT2D eigenvalue weighted by Gasteiger charge is -2.33. The average molecular weight is 406 g/mol. The summed E-state index contributed by atoms with van der Waals surface area (Å²) < 4.78 is 1.34. The van der Waals surface area contributed by atoms with E-state index >= 15 is 0 Å². The second kappa shape index (κ2) is 7.37. The lowest BCUT2D eigenvalue weighted by molar-refractivity contribution is 0.494. The molecule has 1 aliphatic rings. The van der Waals surface area contributed by atoms with Crippen molar-refractivity contribution < 1.29 is 0 Å². The second-order valence-corrected chi connectivity index (χ2v) is 7.70. The molecular weight excluding hydrogens is 386 g/mol. The molecule has 0 unspecified atom stereocenters. The first-order chi connectivity index (χ1) is 14.2. The number of anilines is 1. The van der Waals surface area contributed by atoms with Gasteiger partial charge in [0.15, 0.2) is 0 Å². The van der Waals surface area contributed by atoms with Crippen LogP contribution in [0.5, 0.6) is 0 Å². The number of halogens is 1. The molecule has 0 radical (unpaired) electrons. The predicted molar refractivity (Wildman–Crippen MR) is 115 cm³/mol. The molecule has 1 aliphatic heterocycles. The molecule has 1 N–H and O–H groups in total. The Morgan fingerprint density at radius 3 is 2.69 bits per heavy atom. The summed E-state index contributed by atoms with van der Waals surface area (Å²) in [6, 6.07) is 17.4. The van der Waals surface area contributed by atoms with Crippen LogP contribution in [0, 0.1) is 0 Å². The average Bonchev–Trinajstić information content (AvgIpc) is 3.21. The molecule has 0 amide bonds. The van der Waals surface area contributed by atoms with Crippen LogP contribution in [-0.4, -0.2) is 32.8 Å². The van der Waals surface area contributed by atoms with Crippen LogP contribution < -0.4 is 10.5 Å². The van der Waals surface area contributed by atoms with Crippen molar-refractivity contribution >= 4 is 28.3 Å². The molecule has 146 valence electrons. The molecule has 4 aromatic rings. The van der Waals surface area contributed by atoms with Gasteiger partial charge in [0.05, 0.1) is 28.6 Å². The largest absolute Gasteiger partial charge is 0.368 e. The zero-order valence-electron chi connectivity index (χ0n) is 15.8. The first-order valence-electron chi connectivity index (χ1n) is 9.73. The molecule has 3 heterocycles. The summed E-state index contributed by atoms with van der Waals surface area (Å²) in [5.74, 6) is 1.24. The van der Waals surface area contributed by atoms with Crippen molar-refractivity contribution in [2.75, 3.05) is 18.0 Å². The second-order valence-electron chi connectivity index (χ2n) is 7.32. The van der Waals surface area contributed by atoms with E-state index in [4.69, 9.17) is 16.6 Å². The van der Waals surface area contributed by atoms with Crippen molar-refractivity contribution in [2.45, 2.75) is 18.8 Å². The highest BCUT2D eigenvalue weighted by Gasteiger charge is 2.26. The van der Waals surface area contributed by atoms with Crippen molar-refractivity contribution in [3.63, 3.8) is 0 Å². The van der Waals surface area contributed by atoms with Crippen molar-refractivity contribution in [2.24, 2.45) is 0 Å². The van der Waals surface area contributed by atoms with E-state index < -0.39 is 0 Å². The number of nitrogens with zero attached hydrogens (tertiary/aromatic N) is 4. The van der Waals surface area contributed by atoms with Gasteiger partial charge in [-0.3, -0.25) is 4.79 Å². The molecule has 0 spiro atoms. The molecule has 2 aromatic carbocycles. The highest BCUT2D eigenvalue weighted by molar-refractivity contribution is 6.33. The summed E-state index contributed by atoms with van der Waals surface area (Å²) >= 11 is 6.50. The molecule has 5 rings (SSSR count). The maximum atomic E-state index is 12.8. The smallest absolute Gasteiger partial charge is 0.292 e. The Bertz CT molecular complexity index is 1180. The summed E-state index contributed by atoms with van der Waals surface area (Å²) in [7, 11) is 0. The minimum Gasteiger partial charge on any atom is -0.368 e. The van der Waals surface area contributed by atoms with Crippen LogP contribution in [0.3, 0.4) is 0 Å². The third kappa shape index (κ3) is 3.29. The first kappa shape index (κ1) is 17.9. The number of H-pyrrole nitrogens is 1. The predicted octanol–water partition coefficient (Wildman–Crippen LogP) is 4.15. The van der Waals surface area contributed by atoms with Crippen molar-refractivity contribution in [3.05, 3.63) is 82.0 Å². The molecule has 29 heavy (non-hydrogen) atoms. The van der Waals surface area contributed by atoms with Crippen LogP contribution in [0.15, 0.2) is 65.6 Å². The van der Waals surface area contributed by atoms with Gasteiger partial charge in [0.2, 0.25) is 0 Å². The zero-order valence-corrected chi connectivity index (χ0v) is 16.5. The Balaban J connectivity index is 1.45. The maximum absolute atomic E-state index is 12.8. The SMILES string of the molecule is O=c1c(Cl)c(N2CCC[C@@H](c3nc4ccccc4[nH]3)C2)cnn1-c1ccccc1. The van der Waals surface area contributed by atoms with Crippen molar-refractivity contribution in [3.8, 4) is 5.69 Å². The molecule has 7 heteroatoms. The number of rotatable bonds is 3. The molecule has 0 aliphatic carbocycles. The number of para-hydroxylation sites is 3. The molecule has 0 bridgehead atoms. The van der Waals surface area contributed by atoms with E-state index in [0.29, 0.717) is 11.4 Å². The zero-order chi connectivity index (χ0) is 19.8. The molecular formula is C22H20ClN5O. The van der Waals surface area contributed by atoms with Gasteiger partial charge >= 0.3 is 0 Å². The Morgan fingerprint density at radius 1 is 1.07 bits per heavy atom. The van der Waals surface area contributed by atoms with Gasteiger partial charge in [-0.15, -0.1) is 0 Å². The molecule has 1 atom stereocenters. The number of nitrogens with one attached hydrogen (secondary N) is 1. The van der Waals surface area contributed by atoms with Crippen molar-refractivity contribution in [1.29, 1.82) is 0 Å².